The maximum Gasteiger partial charge on any atom is 0.302 e. The van der Waals surface area contributed by atoms with Crippen molar-refractivity contribution in [3.05, 3.63) is 29.6 Å². The number of carbonyl (C=O) groups excluding carboxylic acids is 1. The van der Waals surface area contributed by atoms with Gasteiger partial charge in [0.25, 0.3) is 0 Å². The summed E-state index contributed by atoms with van der Waals surface area (Å²) in [5.41, 5.74) is 0.797. The van der Waals surface area contributed by atoms with Gasteiger partial charge in [0.15, 0.2) is 0 Å². The Labute approximate surface area is 104 Å². The molecule has 1 heterocycles. The highest BCUT2D eigenvalue weighted by Gasteiger charge is 2.27. The molecule has 1 aliphatic rings. The molecule has 0 aromatic heterocycles. The Morgan fingerprint density at radius 2 is 2.44 bits per heavy atom. The summed E-state index contributed by atoms with van der Waals surface area (Å²) < 4.78 is 23.3. The van der Waals surface area contributed by atoms with Gasteiger partial charge in [-0.3, -0.25) is 4.79 Å². The van der Waals surface area contributed by atoms with E-state index in [2.05, 4.69) is 0 Å². The van der Waals surface area contributed by atoms with Crippen LogP contribution >= 0.6 is 0 Å². The van der Waals surface area contributed by atoms with Crippen LogP contribution < -0.4 is 4.74 Å². The lowest BCUT2D eigenvalue weighted by Gasteiger charge is -2.29. The minimum Gasteiger partial charge on any atom is -0.487 e. The monoisotopic (exact) mass is 254 g/mol. The molecule has 0 bridgehead atoms. The van der Waals surface area contributed by atoms with Gasteiger partial charge in [-0.1, -0.05) is 0 Å². The molecule has 18 heavy (non-hydrogen) atoms. The predicted molar refractivity (Wildman–Crippen MR) is 61.8 cm³/mol. The van der Waals surface area contributed by atoms with Crippen LogP contribution in [0.1, 0.15) is 18.9 Å². The van der Waals surface area contributed by atoms with Gasteiger partial charge in [0.1, 0.15) is 30.4 Å². The summed E-state index contributed by atoms with van der Waals surface area (Å²) in [6.45, 7) is 1.20. The lowest BCUT2D eigenvalue weighted by molar-refractivity contribution is -0.146. The number of aryl methyl sites for hydroxylation is 1. The molecular formula is C13H15FO4. The van der Waals surface area contributed by atoms with E-state index < -0.39 is 18.2 Å². The van der Waals surface area contributed by atoms with E-state index in [9.17, 15) is 14.3 Å². The van der Waals surface area contributed by atoms with Crippen LogP contribution in [0.3, 0.4) is 0 Å². The van der Waals surface area contributed by atoms with Crippen molar-refractivity contribution in [3.63, 3.8) is 0 Å². The van der Waals surface area contributed by atoms with Crippen molar-refractivity contribution in [1.82, 2.24) is 0 Å². The molecule has 1 aromatic carbocycles. The molecule has 5 heteroatoms. The summed E-state index contributed by atoms with van der Waals surface area (Å²) >= 11 is 0. The second-order valence-corrected chi connectivity index (χ2v) is 4.32. The van der Waals surface area contributed by atoms with Crippen molar-refractivity contribution in [2.24, 2.45) is 0 Å². The quantitative estimate of drug-likeness (QED) is 0.829. The fraction of sp³-hybridized carbons (Fsp3) is 0.462. The minimum absolute atomic E-state index is 0.0868. The molecule has 0 unspecified atom stereocenters. The summed E-state index contributed by atoms with van der Waals surface area (Å²) in [5.74, 6) is -0.155. The Bertz CT molecular complexity index is 447. The van der Waals surface area contributed by atoms with E-state index in [1.54, 1.807) is 6.07 Å². The molecule has 1 aliphatic heterocycles. The normalized spacial score (nSPS) is 19.6. The summed E-state index contributed by atoms with van der Waals surface area (Å²) in [6, 6.07) is 4.30. The topological polar surface area (TPSA) is 55.8 Å². The van der Waals surface area contributed by atoms with Crippen LogP contribution in [0.4, 0.5) is 4.39 Å². The first-order valence-corrected chi connectivity index (χ1v) is 5.83. The molecule has 4 nitrogen and oxygen atoms in total. The van der Waals surface area contributed by atoms with Gasteiger partial charge in [-0.15, -0.1) is 0 Å². The number of carbonyl (C=O) groups is 1. The average Bonchev–Trinajstić information content (AvgIpc) is 2.35. The number of halogens is 1. The zero-order chi connectivity index (χ0) is 13.1. The van der Waals surface area contributed by atoms with Gasteiger partial charge >= 0.3 is 5.97 Å². The molecule has 1 N–H and O–H groups in total. The van der Waals surface area contributed by atoms with Crippen LogP contribution in [0.2, 0.25) is 0 Å². The number of ether oxygens (including phenoxy) is 2. The summed E-state index contributed by atoms with van der Waals surface area (Å²) in [5, 5.41) is 9.83. The molecule has 1 aromatic rings. The molecule has 0 saturated carbocycles. The molecule has 2 rings (SSSR count). The molecule has 0 aliphatic carbocycles. The van der Waals surface area contributed by atoms with Gasteiger partial charge in [0.2, 0.25) is 0 Å². The molecule has 0 radical (unpaired) electrons. The molecular weight excluding hydrogens is 239 g/mol. The summed E-state index contributed by atoms with van der Waals surface area (Å²) in [7, 11) is 0. The van der Waals surface area contributed by atoms with Crippen molar-refractivity contribution in [1.29, 1.82) is 0 Å². The standard InChI is InChI=1S/C13H15FO4/c1-8(15)17-7-11(16)13-4-2-9-6-10(14)3-5-12(9)18-13/h3,5-6,11,13,16H,2,4,7H2,1H3/t11-,13+/m0/s1. The largest absolute Gasteiger partial charge is 0.487 e. The van der Waals surface area contributed by atoms with Crippen LogP contribution in [0.25, 0.3) is 0 Å². The Hall–Kier alpha value is -1.62. The summed E-state index contributed by atoms with van der Waals surface area (Å²) in [4.78, 5) is 10.7. The van der Waals surface area contributed by atoms with Crippen LogP contribution in [0.5, 0.6) is 5.75 Å². The maximum absolute atomic E-state index is 13.0. The number of rotatable bonds is 3. The second kappa shape index (κ2) is 5.35. The number of hydrogen-bond acceptors (Lipinski definition) is 4. The lowest BCUT2D eigenvalue weighted by atomic mass is 9.99. The zero-order valence-electron chi connectivity index (χ0n) is 10.1. The second-order valence-electron chi connectivity index (χ2n) is 4.32. The average molecular weight is 254 g/mol. The van der Waals surface area contributed by atoms with Crippen LogP contribution in [-0.4, -0.2) is 29.9 Å². The minimum atomic E-state index is -0.868. The highest BCUT2D eigenvalue weighted by atomic mass is 19.1. The van der Waals surface area contributed by atoms with E-state index in [0.29, 0.717) is 18.6 Å². The third kappa shape index (κ3) is 2.98. The zero-order valence-corrected chi connectivity index (χ0v) is 10.1. The highest BCUT2D eigenvalue weighted by Crippen LogP contribution is 2.29. The van der Waals surface area contributed by atoms with E-state index in [1.165, 1.54) is 19.1 Å². The molecule has 98 valence electrons. The number of aliphatic hydroxyl groups excluding tert-OH is 1. The van der Waals surface area contributed by atoms with Gasteiger partial charge in [0, 0.05) is 6.92 Å². The number of aliphatic hydroxyl groups is 1. The fourth-order valence-electron chi connectivity index (χ4n) is 1.96. The van der Waals surface area contributed by atoms with Crippen LogP contribution in [0.15, 0.2) is 18.2 Å². The van der Waals surface area contributed by atoms with Gasteiger partial charge in [-0.05, 0) is 36.6 Å². The smallest absolute Gasteiger partial charge is 0.302 e. The first kappa shape index (κ1) is 12.8. The van der Waals surface area contributed by atoms with Crippen molar-refractivity contribution in [3.8, 4) is 5.75 Å². The van der Waals surface area contributed by atoms with E-state index >= 15 is 0 Å². The lowest BCUT2D eigenvalue weighted by Crippen LogP contribution is -2.38. The highest BCUT2D eigenvalue weighted by molar-refractivity contribution is 5.65. The van der Waals surface area contributed by atoms with Crippen molar-refractivity contribution < 1.29 is 23.8 Å². The molecule has 0 fully saturated rings. The number of fused-ring (bicyclic) bond motifs is 1. The number of hydrogen-bond donors (Lipinski definition) is 1. The Morgan fingerprint density at radius 1 is 1.67 bits per heavy atom. The Kier molecular flexibility index (Phi) is 3.81. The van der Waals surface area contributed by atoms with Gasteiger partial charge < -0.3 is 14.6 Å². The fourth-order valence-corrected chi connectivity index (χ4v) is 1.96. The van der Waals surface area contributed by atoms with Gasteiger partial charge in [0.05, 0.1) is 0 Å². The molecule has 2 atom stereocenters. The first-order chi connectivity index (χ1) is 8.56. The first-order valence-electron chi connectivity index (χ1n) is 5.83. The third-order valence-electron chi connectivity index (χ3n) is 2.89. The summed E-state index contributed by atoms with van der Waals surface area (Å²) in [6.07, 6.45) is -0.0947. The van der Waals surface area contributed by atoms with Crippen molar-refractivity contribution in [2.75, 3.05) is 6.61 Å². The molecule has 0 spiro atoms. The predicted octanol–water partition coefficient (Wildman–Crippen LogP) is 1.44. The SMILES string of the molecule is CC(=O)OC[C@H](O)[C@H]1CCc2cc(F)ccc2O1. The Balaban J connectivity index is 1.98. The van der Waals surface area contributed by atoms with Crippen molar-refractivity contribution >= 4 is 5.97 Å². The van der Waals surface area contributed by atoms with Gasteiger partial charge in [-0.2, -0.15) is 0 Å². The van der Waals surface area contributed by atoms with E-state index in [-0.39, 0.29) is 12.4 Å². The van der Waals surface area contributed by atoms with E-state index in [0.717, 1.165) is 5.56 Å². The molecule has 0 saturated heterocycles. The van der Waals surface area contributed by atoms with E-state index in [4.69, 9.17) is 9.47 Å². The van der Waals surface area contributed by atoms with Gasteiger partial charge in [-0.25, -0.2) is 4.39 Å². The van der Waals surface area contributed by atoms with Crippen molar-refractivity contribution in [2.45, 2.75) is 32.0 Å². The third-order valence-corrected chi connectivity index (χ3v) is 2.89. The number of benzene rings is 1. The van der Waals surface area contributed by atoms with E-state index in [1.807, 2.05) is 0 Å². The van der Waals surface area contributed by atoms with Crippen LogP contribution in [0, 0.1) is 5.82 Å². The molecule has 0 amide bonds. The number of esters is 1. The Morgan fingerprint density at radius 3 is 3.17 bits per heavy atom. The van der Waals surface area contributed by atoms with Crippen LogP contribution in [-0.2, 0) is 16.0 Å². The maximum atomic E-state index is 13.0.